The molecule has 48 heavy (non-hydrogen) atoms. The molecule has 1 aromatic carbocycles. The molecular formula is C25H27Cl2N6O12P3. The van der Waals surface area contributed by atoms with Crippen LogP contribution in [0.2, 0.25) is 0 Å². The Balaban J connectivity index is 1.21. The number of nitrogen functional groups attached to an aromatic ring is 1. The van der Waals surface area contributed by atoms with E-state index in [1.165, 1.54) is 41.5 Å². The van der Waals surface area contributed by atoms with Crippen LogP contribution in [0.5, 0.6) is 5.75 Å². The van der Waals surface area contributed by atoms with Crippen LogP contribution in [0.4, 0.5) is 11.5 Å². The number of benzene rings is 1. The van der Waals surface area contributed by atoms with Gasteiger partial charge in [-0.1, -0.05) is 44.0 Å². The summed E-state index contributed by atoms with van der Waals surface area (Å²) in [6.07, 6.45) is 3.43. The third-order valence-electron chi connectivity index (χ3n) is 7.05. The van der Waals surface area contributed by atoms with Crippen molar-refractivity contribution in [3.05, 3.63) is 58.1 Å². The number of allylic oxidation sites excluding steroid dienone is 4. The van der Waals surface area contributed by atoms with E-state index in [1.54, 1.807) is 20.8 Å². The molecule has 0 spiro atoms. The fraction of sp³-hybridized carbons (Fsp3) is 0.320. The lowest BCUT2D eigenvalue weighted by Gasteiger charge is -2.36. The minimum atomic E-state index is -5.78. The average Bonchev–Trinajstić information content (AvgIpc) is 3.39. The summed E-state index contributed by atoms with van der Waals surface area (Å²) in [4.78, 5) is 59.2. The number of ether oxygens (including phenoxy) is 1. The number of phosphoric acid groups is 3. The second-order valence-corrected chi connectivity index (χ2v) is 16.1. The van der Waals surface area contributed by atoms with Gasteiger partial charge in [-0.05, 0) is 36.3 Å². The van der Waals surface area contributed by atoms with E-state index in [9.17, 15) is 33.2 Å². The first-order valence-electron chi connectivity index (χ1n) is 13.7. The number of hydrogen-bond acceptors (Lipinski definition) is 14. The molecule has 5 N–H and O–H groups in total. The number of aliphatic imine (C=N–C) groups is 1. The third-order valence-corrected chi connectivity index (χ3v) is 11.9. The van der Waals surface area contributed by atoms with Gasteiger partial charge in [-0.25, -0.2) is 33.6 Å². The van der Waals surface area contributed by atoms with Crippen molar-refractivity contribution in [1.29, 1.82) is 0 Å². The van der Waals surface area contributed by atoms with Crippen LogP contribution in [0.1, 0.15) is 32.8 Å². The van der Waals surface area contributed by atoms with Gasteiger partial charge < -0.3 is 24.8 Å². The van der Waals surface area contributed by atoms with Crippen molar-refractivity contribution in [1.82, 2.24) is 19.5 Å². The molecule has 2 aromatic heterocycles. The van der Waals surface area contributed by atoms with Crippen LogP contribution in [0.15, 0.2) is 57.6 Å². The van der Waals surface area contributed by atoms with Crippen LogP contribution in [-0.2, 0) is 48.5 Å². The Morgan fingerprint density at radius 3 is 2.46 bits per heavy atom. The molecule has 0 amide bonds. The quantitative estimate of drug-likeness (QED) is 0.129. The molecule has 1 aliphatic heterocycles. The molecule has 4 atom stereocenters. The van der Waals surface area contributed by atoms with Crippen molar-refractivity contribution in [2.24, 2.45) is 4.99 Å². The number of phosphoric ester groups is 2. The summed E-state index contributed by atoms with van der Waals surface area (Å²) in [5, 5.41) is -0.272. The smallest absolute Gasteiger partial charge is 0.404 e. The van der Waals surface area contributed by atoms with E-state index in [0.717, 1.165) is 0 Å². The Morgan fingerprint density at radius 1 is 1.04 bits per heavy atom. The van der Waals surface area contributed by atoms with Crippen LogP contribution in [0, 0.1) is 0 Å². The predicted octanol–water partition coefficient (Wildman–Crippen LogP) is 5.15. The van der Waals surface area contributed by atoms with E-state index >= 15 is 0 Å². The van der Waals surface area contributed by atoms with Gasteiger partial charge in [-0.15, -0.1) is 0 Å². The number of anilines is 1. The van der Waals surface area contributed by atoms with Gasteiger partial charge in [0.15, 0.2) is 11.5 Å². The van der Waals surface area contributed by atoms with Crippen LogP contribution < -0.4 is 10.3 Å². The number of aromatic nitrogens is 4. The molecule has 5 rings (SSSR count). The Kier molecular flexibility index (Phi) is 10.2. The first kappa shape index (κ1) is 36.5. The normalized spacial score (nSPS) is 20.1. The number of fused-ring (bicyclic) bond motifs is 3. The maximum Gasteiger partial charge on any atom is 0.536 e. The van der Waals surface area contributed by atoms with Crippen molar-refractivity contribution in [2.75, 3.05) is 12.3 Å². The third kappa shape index (κ3) is 7.81. The maximum atomic E-state index is 12.7. The first-order valence-corrected chi connectivity index (χ1v) is 18.9. The lowest BCUT2D eigenvalue weighted by atomic mass is 9.71. The number of hydrogen-bond donors (Lipinski definition) is 4. The summed E-state index contributed by atoms with van der Waals surface area (Å²) < 4.78 is 63.0. The van der Waals surface area contributed by atoms with E-state index in [1.807, 2.05) is 0 Å². The SMILES string of the molecule is CC[C@@H](COP(=O)(O)OP(=O)(O)OP(=O)(O)Oc1ccc2c(c1)C(C)(C)C1=C(Cl)C(=O)C(Cl)=CC1=N2)OCn1cnc2c(N)ncnc21. The monoisotopic (exact) mass is 766 g/mol. The number of ketones is 1. The Hall–Kier alpha value is -2.82. The molecule has 0 fully saturated rings. The molecule has 18 nitrogen and oxygen atoms in total. The minimum Gasteiger partial charge on any atom is -0.404 e. The van der Waals surface area contributed by atoms with Crippen molar-refractivity contribution in [3.8, 4) is 5.75 Å². The molecule has 3 unspecified atom stereocenters. The zero-order chi connectivity index (χ0) is 35.2. The van der Waals surface area contributed by atoms with E-state index in [2.05, 4.69) is 28.6 Å². The molecule has 0 bridgehead atoms. The number of imidazole rings is 1. The van der Waals surface area contributed by atoms with Gasteiger partial charge in [0.2, 0.25) is 5.78 Å². The highest BCUT2D eigenvalue weighted by molar-refractivity contribution is 7.67. The summed E-state index contributed by atoms with van der Waals surface area (Å²) >= 11 is 12.3. The Morgan fingerprint density at radius 2 is 1.75 bits per heavy atom. The number of nitrogens with two attached hydrogens (primary N) is 1. The summed E-state index contributed by atoms with van der Waals surface area (Å²) in [5.41, 5.74) is 6.98. The molecule has 258 valence electrons. The Labute approximate surface area is 282 Å². The number of carbonyl (C=O) groups excluding carboxylic acids is 1. The van der Waals surface area contributed by atoms with Gasteiger partial charge in [0.05, 0.1) is 40.5 Å². The van der Waals surface area contributed by atoms with Gasteiger partial charge in [-0.3, -0.25) is 18.8 Å². The van der Waals surface area contributed by atoms with Crippen molar-refractivity contribution >= 4 is 80.8 Å². The van der Waals surface area contributed by atoms with Gasteiger partial charge in [0.1, 0.15) is 24.3 Å². The topological polar surface area (TPSA) is 257 Å². The van der Waals surface area contributed by atoms with Crippen LogP contribution >= 0.6 is 46.7 Å². The fourth-order valence-corrected chi connectivity index (χ4v) is 9.01. The predicted molar refractivity (Wildman–Crippen MR) is 172 cm³/mol. The number of nitrogens with zero attached hydrogens (tertiary/aromatic N) is 5. The standard InChI is InChI=1S/C25H27Cl2N6O12P3/c1-4-13(41-12-33-11-31-21-23(28)29-10-30-24(21)33)9-42-46(35,36)44-48(39,40)45-47(37,38)43-14-5-6-17-15(7-14)25(2,3)19-18(32-17)8-16(26)22(34)20(19)27/h5-8,10-11,13H,4,9,12H2,1-3H3,(H,35,36)(H,37,38)(H,39,40)(H2,28,29,30)/t13-/m0/s1. The van der Waals surface area contributed by atoms with Gasteiger partial charge in [-0.2, -0.15) is 8.62 Å². The number of carbonyl (C=O) groups is 1. The molecular weight excluding hydrogens is 740 g/mol. The molecule has 3 aromatic rings. The molecule has 3 heterocycles. The highest BCUT2D eigenvalue weighted by atomic mass is 35.5. The number of rotatable bonds is 13. The zero-order valence-corrected chi connectivity index (χ0v) is 29.3. The molecule has 23 heteroatoms. The van der Waals surface area contributed by atoms with Gasteiger partial charge >= 0.3 is 23.5 Å². The van der Waals surface area contributed by atoms with E-state index in [0.29, 0.717) is 33.7 Å². The first-order chi connectivity index (χ1) is 22.3. The average molecular weight is 767 g/mol. The van der Waals surface area contributed by atoms with Crippen LogP contribution in [-0.4, -0.2) is 58.4 Å². The van der Waals surface area contributed by atoms with E-state index in [4.69, 9.17) is 42.7 Å². The summed E-state index contributed by atoms with van der Waals surface area (Å²) in [6, 6.07) is 3.91. The molecule has 0 saturated carbocycles. The Bertz CT molecular complexity index is 2050. The maximum absolute atomic E-state index is 12.7. The minimum absolute atomic E-state index is 0.117. The van der Waals surface area contributed by atoms with Crippen LogP contribution in [0.3, 0.4) is 0 Å². The largest absolute Gasteiger partial charge is 0.536 e. The summed E-state index contributed by atoms with van der Waals surface area (Å²) in [7, 11) is -16.7. The van der Waals surface area contributed by atoms with E-state index in [-0.39, 0.29) is 34.8 Å². The summed E-state index contributed by atoms with van der Waals surface area (Å²) in [5.74, 6) is -0.772. The second kappa shape index (κ2) is 13.5. The molecule has 1 aliphatic carbocycles. The summed E-state index contributed by atoms with van der Waals surface area (Å²) in [6.45, 7) is 4.36. The second-order valence-electron chi connectivity index (χ2n) is 10.7. The lowest BCUT2D eigenvalue weighted by molar-refractivity contribution is -0.111. The number of halogens is 2. The fourth-order valence-electron chi connectivity index (χ4n) is 4.79. The zero-order valence-electron chi connectivity index (χ0n) is 25.1. The van der Waals surface area contributed by atoms with Crippen molar-refractivity contribution in [2.45, 2.75) is 45.4 Å². The molecule has 2 aliphatic rings. The van der Waals surface area contributed by atoms with Crippen molar-refractivity contribution < 1.29 is 55.6 Å². The molecule has 0 saturated heterocycles. The molecule has 0 radical (unpaired) electrons. The number of Topliss-reactive ketones (excluding diaryl/α,β-unsaturated/α-hetero) is 1. The highest BCUT2D eigenvalue weighted by Gasteiger charge is 2.44. The van der Waals surface area contributed by atoms with Gasteiger partial charge in [0, 0.05) is 11.0 Å². The van der Waals surface area contributed by atoms with Crippen molar-refractivity contribution in [3.63, 3.8) is 0 Å². The van der Waals surface area contributed by atoms with Crippen LogP contribution in [0.25, 0.3) is 11.2 Å². The lowest BCUT2D eigenvalue weighted by Crippen LogP contribution is -2.32. The van der Waals surface area contributed by atoms with Gasteiger partial charge in [0.25, 0.3) is 0 Å². The van der Waals surface area contributed by atoms with E-state index < -0.39 is 47.4 Å². The highest BCUT2D eigenvalue weighted by Crippen LogP contribution is 2.67.